The van der Waals surface area contributed by atoms with Crippen LogP contribution in [-0.2, 0) is 9.84 Å². The lowest BCUT2D eigenvalue weighted by molar-refractivity contribution is 0.235. The van der Waals surface area contributed by atoms with E-state index in [0.717, 1.165) is 0 Å². The Morgan fingerprint density at radius 1 is 1.35 bits per heavy atom. The summed E-state index contributed by atoms with van der Waals surface area (Å²) in [5.41, 5.74) is 5.75. The average Bonchev–Trinajstić information content (AvgIpc) is 2.98. The topological polar surface area (TPSA) is 63.4 Å². The molecule has 1 rings (SSSR count). The molecule has 1 saturated carbocycles. The van der Waals surface area contributed by atoms with Crippen molar-refractivity contribution in [3.8, 4) is 0 Å². The standard InChI is InChI=1S/C12H26N2O2S/c1-12(2,3)17(15,16)8-7-14(4)11(9-13)10-5-6-10/h10-11H,5-9,13H2,1-4H3. The van der Waals surface area contributed by atoms with Crippen LogP contribution in [-0.4, -0.2) is 50.0 Å². The second kappa shape index (κ2) is 5.24. The molecule has 4 nitrogen and oxygen atoms in total. The second-order valence-electron chi connectivity index (χ2n) is 6.05. The van der Waals surface area contributed by atoms with Gasteiger partial charge in [-0.05, 0) is 46.6 Å². The third-order valence-corrected chi connectivity index (χ3v) is 6.21. The van der Waals surface area contributed by atoms with Gasteiger partial charge in [0.1, 0.15) is 0 Å². The molecule has 0 aromatic carbocycles. The highest BCUT2D eigenvalue weighted by Gasteiger charge is 2.34. The van der Waals surface area contributed by atoms with Crippen LogP contribution >= 0.6 is 0 Å². The van der Waals surface area contributed by atoms with E-state index in [0.29, 0.717) is 25.0 Å². The highest BCUT2D eigenvalue weighted by Crippen LogP contribution is 2.34. The first-order valence-electron chi connectivity index (χ1n) is 6.31. The summed E-state index contributed by atoms with van der Waals surface area (Å²) in [7, 11) is -1.04. The molecule has 1 aliphatic rings. The molecule has 0 aromatic rings. The highest BCUT2D eigenvalue weighted by molar-refractivity contribution is 7.92. The Morgan fingerprint density at radius 2 is 1.88 bits per heavy atom. The molecule has 0 radical (unpaired) electrons. The van der Waals surface area contributed by atoms with Gasteiger partial charge in [-0.2, -0.15) is 0 Å². The van der Waals surface area contributed by atoms with Crippen LogP contribution in [0, 0.1) is 5.92 Å². The first-order chi connectivity index (χ1) is 7.69. The predicted molar refractivity (Wildman–Crippen MR) is 71.7 cm³/mol. The Balaban J connectivity index is 2.50. The zero-order valence-corrected chi connectivity index (χ0v) is 12.3. The minimum Gasteiger partial charge on any atom is -0.329 e. The number of rotatable bonds is 6. The van der Waals surface area contributed by atoms with Crippen molar-refractivity contribution < 1.29 is 8.42 Å². The third-order valence-electron chi connectivity index (χ3n) is 3.62. The van der Waals surface area contributed by atoms with Crippen LogP contribution in [0.1, 0.15) is 33.6 Å². The van der Waals surface area contributed by atoms with Gasteiger partial charge in [0.25, 0.3) is 0 Å². The van der Waals surface area contributed by atoms with Gasteiger partial charge in [-0.3, -0.25) is 0 Å². The maximum atomic E-state index is 12.0. The van der Waals surface area contributed by atoms with Crippen molar-refractivity contribution in [3.63, 3.8) is 0 Å². The molecule has 5 heteroatoms. The van der Waals surface area contributed by atoms with E-state index in [2.05, 4.69) is 4.90 Å². The molecule has 2 N–H and O–H groups in total. The Kier molecular flexibility index (Phi) is 4.60. The third kappa shape index (κ3) is 3.93. The van der Waals surface area contributed by atoms with Crippen LogP contribution in [0.3, 0.4) is 0 Å². The first kappa shape index (κ1) is 14.9. The van der Waals surface area contributed by atoms with Crippen LogP contribution in [0.2, 0.25) is 0 Å². The van der Waals surface area contributed by atoms with Crippen LogP contribution in [0.5, 0.6) is 0 Å². The van der Waals surface area contributed by atoms with Crippen molar-refractivity contribution in [2.75, 3.05) is 25.9 Å². The molecule has 0 spiro atoms. The van der Waals surface area contributed by atoms with Gasteiger partial charge in [0.05, 0.1) is 10.5 Å². The van der Waals surface area contributed by atoms with Gasteiger partial charge >= 0.3 is 0 Å². The number of likely N-dealkylation sites (N-methyl/N-ethyl adjacent to an activating group) is 1. The Morgan fingerprint density at radius 3 is 2.24 bits per heavy atom. The molecule has 0 amide bonds. The van der Waals surface area contributed by atoms with E-state index in [9.17, 15) is 8.42 Å². The van der Waals surface area contributed by atoms with Gasteiger partial charge < -0.3 is 10.6 Å². The van der Waals surface area contributed by atoms with Gasteiger partial charge in [-0.1, -0.05) is 0 Å². The summed E-state index contributed by atoms with van der Waals surface area (Å²) < 4.78 is 23.3. The minimum atomic E-state index is -3.02. The van der Waals surface area contributed by atoms with Crippen molar-refractivity contribution in [3.05, 3.63) is 0 Å². The van der Waals surface area contributed by atoms with Crippen molar-refractivity contribution in [1.29, 1.82) is 0 Å². The lowest BCUT2D eigenvalue weighted by Gasteiger charge is -2.28. The number of nitrogens with two attached hydrogens (primary N) is 1. The zero-order valence-electron chi connectivity index (χ0n) is 11.4. The lowest BCUT2D eigenvalue weighted by atomic mass is 10.1. The molecule has 0 aromatic heterocycles. The van der Waals surface area contributed by atoms with E-state index in [1.807, 2.05) is 7.05 Å². The number of hydrogen-bond acceptors (Lipinski definition) is 4. The summed E-state index contributed by atoms with van der Waals surface area (Å²) in [5.74, 6) is 0.901. The van der Waals surface area contributed by atoms with Crippen molar-refractivity contribution in [2.24, 2.45) is 11.7 Å². The molecule has 17 heavy (non-hydrogen) atoms. The van der Waals surface area contributed by atoms with E-state index in [-0.39, 0.29) is 5.75 Å². The molecule has 0 heterocycles. The monoisotopic (exact) mass is 262 g/mol. The van der Waals surface area contributed by atoms with E-state index in [1.54, 1.807) is 20.8 Å². The van der Waals surface area contributed by atoms with Gasteiger partial charge in [-0.15, -0.1) is 0 Å². The quantitative estimate of drug-likeness (QED) is 0.771. The van der Waals surface area contributed by atoms with Gasteiger partial charge in [-0.25, -0.2) is 8.42 Å². The Bertz CT molecular complexity index is 342. The smallest absolute Gasteiger partial charge is 0.156 e. The first-order valence-corrected chi connectivity index (χ1v) is 7.97. The van der Waals surface area contributed by atoms with Crippen LogP contribution < -0.4 is 5.73 Å². The molecule has 1 unspecified atom stereocenters. The molecular formula is C12H26N2O2S. The van der Waals surface area contributed by atoms with Gasteiger partial charge in [0.15, 0.2) is 9.84 Å². The summed E-state index contributed by atoms with van der Waals surface area (Å²) in [6, 6.07) is 0.352. The zero-order chi connectivity index (χ0) is 13.3. The van der Waals surface area contributed by atoms with E-state index < -0.39 is 14.6 Å². The summed E-state index contributed by atoms with van der Waals surface area (Å²) in [6.45, 7) is 6.46. The van der Waals surface area contributed by atoms with Crippen LogP contribution in [0.4, 0.5) is 0 Å². The van der Waals surface area contributed by atoms with E-state index >= 15 is 0 Å². The lowest BCUT2D eigenvalue weighted by Crippen LogP contribution is -2.43. The van der Waals surface area contributed by atoms with Crippen LogP contribution in [0.15, 0.2) is 0 Å². The summed E-state index contributed by atoms with van der Waals surface area (Å²) in [6.07, 6.45) is 2.47. The molecule has 0 aliphatic heterocycles. The molecular weight excluding hydrogens is 236 g/mol. The van der Waals surface area contributed by atoms with Gasteiger partial charge in [0, 0.05) is 19.1 Å². The summed E-state index contributed by atoms with van der Waals surface area (Å²) >= 11 is 0. The van der Waals surface area contributed by atoms with Crippen molar-refractivity contribution in [2.45, 2.75) is 44.4 Å². The SMILES string of the molecule is CN(CCS(=O)(=O)C(C)(C)C)C(CN)C1CC1. The fourth-order valence-corrected chi connectivity index (χ4v) is 3.09. The van der Waals surface area contributed by atoms with Gasteiger partial charge in [0.2, 0.25) is 0 Å². The van der Waals surface area contributed by atoms with E-state index in [1.165, 1.54) is 12.8 Å². The maximum Gasteiger partial charge on any atom is 0.156 e. The molecule has 1 fully saturated rings. The molecule has 0 bridgehead atoms. The molecule has 0 saturated heterocycles. The summed E-state index contributed by atoms with van der Waals surface area (Å²) in [5, 5.41) is 0. The highest BCUT2D eigenvalue weighted by atomic mass is 32.2. The van der Waals surface area contributed by atoms with Crippen LogP contribution in [0.25, 0.3) is 0 Å². The maximum absolute atomic E-state index is 12.0. The Hall–Kier alpha value is -0.130. The summed E-state index contributed by atoms with van der Waals surface area (Å²) in [4.78, 5) is 2.11. The second-order valence-corrected chi connectivity index (χ2v) is 8.91. The van der Waals surface area contributed by atoms with Crippen molar-refractivity contribution in [1.82, 2.24) is 4.90 Å². The number of nitrogens with zero attached hydrogens (tertiary/aromatic N) is 1. The fourth-order valence-electron chi connectivity index (χ4n) is 1.95. The number of sulfone groups is 1. The van der Waals surface area contributed by atoms with E-state index in [4.69, 9.17) is 5.73 Å². The normalized spacial score (nSPS) is 19.6. The minimum absolute atomic E-state index is 0.218. The van der Waals surface area contributed by atoms with Crippen molar-refractivity contribution >= 4 is 9.84 Å². The molecule has 102 valence electrons. The average molecular weight is 262 g/mol. The largest absolute Gasteiger partial charge is 0.329 e. The fraction of sp³-hybridized carbons (Fsp3) is 1.00. The molecule has 1 atom stereocenters. The predicted octanol–water partition coefficient (Wildman–Crippen LogP) is 0.869. The molecule has 1 aliphatic carbocycles. The Labute approximate surface area is 105 Å². The number of hydrogen-bond donors (Lipinski definition) is 1.